The average molecular weight is 461 g/mol. The summed E-state index contributed by atoms with van der Waals surface area (Å²) < 4.78 is 5.77. The van der Waals surface area contributed by atoms with Gasteiger partial charge in [0.15, 0.2) is 17.5 Å². The number of Topliss-reactive ketones (excluding diaryl/α,β-unsaturated/α-hetero) is 1. The van der Waals surface area contributed by atoms with Crippen molar-refractivity contribution >= 4 is 11.8 Å². The lowest BCUT2D eigenvalue weighted by atomic mass is 9.59. The summed E-state index contributed by atoms with van der Waals surface area (Å²) in [5.41, 5.74) is -3.76. The lowest BCUT2D eigenvalue weighted by Gasteiger charge is -2.49. The molecule has 0 aromatic carbocycles. The van der Waals surface area contributed by atoms with Gasteiger partial charge in [0.1, 0.15) is 6.10 Å². The van der Waals surface area contributed by atoms with Crippen molar-refractivity contribution in [3.8, 4) is 0 Å². The van der Waals surface area contributed by atoms with E-state index in [-0.39, 0.29) is 17.8 Å². The Hall–Kier alpha value is -1.80. The van der Waals surface area contributed by atoms with E-state index in [9.17, 15) is 30.0 Å². The Balaban J connectivity index is 1.92. The molecule has 2 bridgehead atoms. The highest BCUT2D eigenvalue weighted by atomic mass is 16.6. The molecule has 4 aliphatic carbocycles. The fourth-order valence-corrected chi connectivity index (χ4v) is 7.09. The smallest absolute Gasteiger partial charge is 0.334 e. The molecule has 33 heavy (non-hydrogen) atoms. The van der Waals surface area contributed by atoms with Crippen molar-refractivity contribution < 1.29 is 34.8 Å². The molecule has 182 valence electrons. The zero-order valence-electron chi connectivity index (χ0n) is 20.5. The third-order valence-electron chi connectivity index (χ3n) is 9.35. The van der Waals surface area contributed by atoms with E-state index in [0.717, 1.165) is 5.57 Å². The maximum atomic E-state index is 14.3. The van der Waals surface area contributed by atoms with Crippen LogP contribution in [0.15, 0.2) is 34.4 Å². The first kappa shape index (κ1) is 24.3. The van der Waals surface area contributed by atoms with E-state index in [1.54, 1.807) is 40.7 Å². The summed E-state index contributed by atoms with van der Waals surface area (Å²) in [6, 6.07) is 0. The monoisotopic (exact) mass is 460 g/mol. The van der Waals surface area contributed by atoms with Crippen molar-refractivity contribution in [1.29, 1.82) is 0 Å². The molecule has 4 aliphatic rings. The van der Waals surface area contributed by atoms with Crippen LogP contribution in [0.5, 0.6) is 0 Å². The molecule has 2 saturated carbocycles. The fraction of sp³-hybridized carbons (Fsp3) is 0.692. The first-order valence-electron chi connectivity index (χ1n) is 11.7. The Kier molecular flexibility index (Phi) is 5.24. The van der Waals surface area contributed by atoms with Crippen LogP contribution in [0.2, 0.25) is 0 Å². The summed E-state index contributed by atoms with van der Waals surface area (Å²) in [5.74, 6) is -2.71. The second-order valence-corrected chi connectivity index (χ2v) is 11.4. The quantitative estimate of drug-likeness (QED) is 0.288. The molecule has 4 N–H and O–H groups in total. The summed E-state index contributed by atoms with van der Waals surface area (Å²) in [5, 5.41) is 45.4. The van der Waals surface area contributed by atoms with Gasteiger partial charge in [0, 0.05) is 22.8 Å². The number of aliphatic hydroxyl groups is 4. The minimum Gasteiger partial charge on any atom is -0.451 e. The Morgan fingerprint density at radius 3 is 2.36 bits per heavy atom. The fourth-order valence-electron chi connectivity index (χ4n) is 7.09. The molecular formula is C26H36O7. The summed E-state index contributed by atoms with van der Waals surface area (Å²) in [4.78, 5) is 27.1. The number of esters is 1. The van der Waals surface area contributed by atoms with Crippen molar-refractivity contribution in [1.82, 2.24) is 0 Å². The first-order valence-corrected chi connectivity index (χ1v) is 11.7. The van der Waals surface area contributed by atoms with Crippen molar-refractivity contribution in [3.63, 3.8) is 0 Å². The number of ether oxygens (including phenoxy) is 1. The van der Waals surface area contributed by atoms with Crippen LogP contribution in [-0.4, -0.2) is 62.2 Å². The number of carbonyl (C=O) groups excluding carboxylic acids is 2. The zero-order chi connectivity index (χ0) is 24.9. The van der Waals surface area contributed by atoms with Gasteiger partial charge in [0.2, 0.25) is 0 Å². The van der Waals surface area contributed by atoms with Crippen LogP contribution in [0.1, 0.15) is 54.9 Å². The molecule has 0 saturated heterocycles. The lowest BCUT2D eigenvalue weighted by molar-refractivity contribution is -0.202. The lowest BCUT2D eigenvalue weighted by Crippen LogP contribution is -2.66. The molecule has 2 fully saturated rings. The Labute approximate surface area is 194 Å². The minimum atomic E-state index is -2.22. The predicted molar refractivity (Wildman–Crippen MR) is 121 cm³/mol. The summed E-state index contributed by atoms with van der Waals surface area (Å²) >= 11 is 0. The van der Waals surface area contributed by atoms with E-state index in [1.165, 1.54) is 6.08 Å². The van der Waals surface area contributed by atoms with E-state index < -0.39 is 64.6 Å². The molecule has 2 unspecified atom stereocenters. The molecule has 0 radical (unpaired) electrons. The molecule has 1 spiro atoms. The standard InChI is InChI=1S/C26H36O7/c1-12(2)15(5)22(30)33-21-13(3)9-24-14(4)10-25(31)18(23(25,6)7)17(20(24)29)8-16(11-27)19(28)26(21,24)32/h8-9,14,17-19,21,27-28,31-32H,10-11H2,1-7H3/t14?,17-,18+,19+,21-,24?,25-,26-/m0/s1. The van der Waals surface area contributed by atoms with Crippen molar-refractivity contribution in [2.45, 2.75) is 78.3 Å². The van der Waals surface area contributed by atoms with Crippen LogP contribution in [0.3, 0.4) is 0 Å². The SMILES string of the molecule is CC1=CC23C(=O)[C@@H](C=C(CO)[C@@H](O)[C@]2(O)[C@H]1OC(=O)C(C)=C(C)C)[C@@H]1C(C)(C)[C@]1(O)CC3C. The van der Waals surface area contributed by atoms with E-state index in [2.05, 4.69) is 0 Å². The second kappa shape index (κ2) is 7.11. The van der Waals surface area contributed by atoms with Crippen molar-refractivity contribution in [3.05, 3.63) is 34.4 Å². The van der Waals surface area contributed by atoms with Gasteiger partial charge in [-0.15, -0.1) is 0 Å². The largest absolute Gasteiger partial charge is 0.451 e. The molecule has 4 rings (SSSR count). The first-order chi connectivity index (χ1) is 15.1. The predicted octanol–water partition coefficient (Wildman–Crippen LogP) is 1.84. The van der Waals surface area contributed by atoms with Crippen LogP contribution >= 0.6 is 0 Å². The van der Waals surface area contributed by atoms with Crippen LogP contribution in [0.25, 0.3) is 0 Å². The Morgan fingerprint density at radius 2 is 1.82 bits per heavy atom. The van der Waals surface area contributed by atoms with Crippen LogP contribution < -0.4 is 0 Å². The molecule has 7 nitrogen and oxygen atoms in total. The zero-order valence-corrected chi connectivity index (χ0v) is 20.5. The third kappa shape index (κ3) is 2.71. The average Bonchev–Trinajstić information content (AvgIpc) is 3.10. The molecule has 0 aromatic rings. The van der Waals surface area contributed by atoms with Gasteiger partial charge >= 0.3 is 5.97 Å². The third-order valence-corrected chi connectivity index (χ3v) is 9.35. The molecule has 0 aromatic heterocycles. The normalized spacial score (nSPS) is 45.1. The Morgan fingerprint density at radius 1 is 1.21 bits per heavy atom. The summed E-state index contributed by atoms with van der Waals surface area (Å²) in [6.45, 7) is 11.9. The number of carbonyl (C=O) groups is 2. The Bertz CT molecular complexity index is 1020. The molecule has 0 amide bonds. The topological polar surface area (TPSA) is 124 Å². The molecule has 0 aliphatic heterocycles. The van der Waals surface area contributed by atoms with Crippen molar-refractivity contribution in [2.75, 3.05) is 6.61 Å². The molecule has 7 heteroatoms. The highest BCUT2D eigenvalue weighted by Crippen LogP contribution is 2.73. The van der Waals surface area contributed by atoms with Gasteiger partial charge in [-0.3, -0.25) is 4.79 Å². The van der Waals surface area contributed by atoms with E-state index in [4.69, 9.17) is 4.74 Å². The number of hydrogen-bond acceptors (Lipinski definition) is 7. The highest BCUT2D eigenvalue weighted by Gasteiger charge is 2.81. The summed E-state index contributed by atoms with van der Waals surface area (Å²) in [7, 11) is 0. The van der Waals surface area contributed by atoms with Gasteiger partial charge in [-0.1, -0.05) is 38.5 Å². The van der Waals surface area contributed by atoms with E-state index in [0.29, 0.717) is 11.1 Å². The molecule has 8 atom stereocenters. The van der Waals surface area contributed by atoms with Gasteiger partial charge in [0.25, 0.3) is 0 Å². The summed E-state index contributed by atoms with van der Waals surface area (Å²) in [6.07, 6.45) is 0.497. The van der Waals surface area contributed by atoms with Gasteiger partial charge in [-0.25, -0.2) is 4.79 Å². The highest BCUT2D eigenvalue weighted by molar-refractivity contribution is 5.96. The molecule has 0 heterocycles. The van der Waals surface area contributed by atoms with E-state index in [1.807, 2.05) is 13.8 Å². The van der Waals surface area contributed by atoms with Crippen LogP contribution in [0, 0.1) is 28.6 Å². The van der Waals surface area contributed by atoms with Gasteiger partial charge in [0.05, 0.1) is 17.6 Å². The molecular weight excluding hydrogens is 424 g/mol. The van der Waals surface area contributed by atoms with Gasteiger partial charge in [-0.2, -0.15) is 0 Å². The van der Waals surface area contributed by atoms with Gasteiger partial charge in [-0.05, 0) is 51.2 Å². The number of rotatable bonds is 3. The van der Waals surface area contributed by atoms with Crippen LogP contribution in [0.4, 0.5) is 0 Å². The minimum absolute atomic E-state index is 0.0972. The van der Waals surface area contributed by atoms with Crippen LogP contribution in [-0.2, 0) is 14.3 Å². The number of aliphatic hydroxyl groups excluding tert-OH is 2. The number of ketones is 1. The second-order valence-electron chi connectivity index (χ2n) is 11.4. The maximum Gasteiger partial charge on any atom is 0.334 e. The maximum absolute atomic E-state index is 14.3. The number of hydrogen-bond donors (Lipinski definition) is 4. The van der Waals surface area contributed by atoms with Gasteiger partial charge < -0.3 is 25.2 Å². The number of fused-ring (bicyclic) bond motifs is 3. The van der Waals surface area contributed by atoms with Crippen molar-refractivity contribution in [2.24, 2.45) is 28.6 Å². The van der Waals surface area contributed by atoms with E-state index >= 15 is 0 Å². The number of allylic oxidation sites excluding steroid dienone is 2.